The van der Waals surface area contributed by atoms with Crippen LogP contribution in [0.4, 0.5) is 0 Å². The molecule has 5 rings (SSSR count). The summed E-state index contributed by atoms with van der Waals surface area (Å²) in [7, 11) is 0. The Morgan fingerprint density at radius 3 is 2.75 bits per heavy atom. The molecule has 0 radical (unpaired) electrons. The van der Waals surface area contributed by atoms with Crippen molar-refractivity contribution in [3.05, 3.63) is 82.6 Å². The summed E-state index contributed by atoms with van der Waals surface area (Å²) in [5, 5.41) is 9.57. The van der Waals surface area contributed by atoms with Crippen LogP contribution in [0.15, 0.2) is 66.7 Å². The zero-order valence-corrected chi connectivity index (χ0v) is 18.6. The fourth-order valence-electron chi connectivity index (χ4n) is 4.08. The van der Waals surface area contributed by atoms with Crippen molar-refractivity contribution in [1.29, 1.82) is 0 Å². The Morgan fingerprint density at radius 2 is 1.91 bits per heavy atom. The molecular formula is C25H24N4O2S. The van der Waals surface area contributed by atoms with Crippen LogP contribution >= 0.6 is 12.2 Å². The quantitative estimate of drug-likeness (QED) is 0.445. The zero-order valence-electron chi connectivity index (χ0n) is 17.8. The van der Waals surface area contributed by atoms with E-state index < -0.39 is 0 Å². The van der Waals surface area contributed by atoms with Crippen molar-refractivity contribution in [2.75, 3.05) is 13.1 Å². The van der Waals surface area contributed by atoms with Crippen molar-refractivity contribution in [2.45, 2.75) is 26.2 Å². The number of H-pyrrole nitrogens is 1. The molecular weight excluding hydrogens is 420 g/mol. The number of likely N-dealkylation sites (tertiary alicyclic amines) is 1. The number of aryl methyl sites for hydroxylation is 1. The molecule has 0 bridgehead atoms. The second kappa shape index (κ2) is 8.68. The highest BCUT2D eigenvalue weighted by Gasteiger charge is 2.32. The van der Waals surface area contributed by atoms with E-state index in [1.807, 2.05) is 48.2 Å². The number of fused-ring (bicyclic) bond motifs is 1. The molecule has 1 fully saturated rings. The number of nitrogens with zero attached hydrogens (tertiary/aromatic N) is 3. The Bertz CT molecular complexity index is 1330. The minimum atomic E-state index is 0.0152. The minimum Gasteiger partial charge on any atom is -0.370 e. The first-order valence-corrected chi connectivity index (χ1v) is 11.1. The Hall–Kier alpha value is -3.29. The average molecular weight is 445 g/mol. The first kappa shape index (κ1) is 20.6. The van der Waals surface area contributed by atoms with Gasteiger partial charge in [-0.3, -0.25) is 14.5 Å². The van der Waals surface area contributed by atoms with E-state index in [1.165, 1.54) is 16.3 Å². The number of hydrogen-bond acceptors (Lipinski definition) is 4. The van der Waals surface area contributed by atoms with E-state index in [4.69, 9.17) is 17.0 Å². The molecule has 6 nitrogen and oxygen atoms in total. The molecule has 2 heterocycles. The van der Waals surface area contributed by atoms with Gasteiger partial charge in [0.1, 0.15) is 6.54 Å². The van der Waals surface area contributed by atoms with Gasteiger partial charge in [-0.15, -0.1) is 0 Å². The van der Waals surface area contributed by atoms with Crippen LogP contribution in [0.2, 0.25) is 0 Å². The molecule has 1 saturated heterocycles. The van der Waals surface area contributed by atoms with Crippen molar-refractivity contribution < 1.29 is 9.53 Å². The predicted molar refractivity (Wildman–Crippen MR) is 127 cm³/mol. The highest BCUT2D eigenvalue weighted by molar-refractivity contribution is 7.71. The van der Waals surface area contributed by atoms with Gasteiger partial charge in [0.15, 0.2) is 10.6 Å². The molecule has 1 amide bonds. The summed E-state index contributed by atoms with van der Waals surface area (Å²) in [6, 6.07) is 22.6. The lowest BCUT2D eigenvalue weighted by molar-refractivity contribution is -0.146. The van der Waals surface area contributed by atoms with Gasteiger partial charge < -0.3 is 9.64 Å². The van der Waals surface area contributed by atoms with Crippen molar-refractivity contribution in [1.82, 2.24) is 19.7 Å². The van der Waals surface area contributed by atoms with Crippen LogP contribution in [0, 0.1) is 11.7 Å². The first-order valence-electron chi connectivity index (χ1n) is 10.7. The summed E-state index contributed by atoms with van der Waals surface area (Å²) >= 11 is 5.37. The van der Waals surface area contributed by atoms with Crippen LogP contribution in [0.5, 0.6) is 0 Å². The lowest BCUT2D eigenvalue weighted by atomic mass is 10.1. The third kappa shape index (κ3) is 4.09. The van der Waals surface area contributed by atoms with E-state index in [1.54, 1.807) is 4.57 Å². The highest BCUT2D eigenvalue weighted by atomic mass is 32.1. The SMILES string of the molecule is Cc1cccc(-c2n[nH]c(=S)n2CC(=O)N2CC(OCc3cccc4ccccc34)C2)c1. The maximum atomic E-state index is 12.9. The molecule has 4 aromatic rings. The maximum absolute atomic E-state index is 12.9. The van der Waals surface area contributed by atoms with Crippen LogP contribution in [-0.2, 0) is 22.7 Å². The molecule has 32 heavy (non-hydrogen) atoms. The minimum absolute atomic E-state index is 0.0152. The van der Waals surface area contributed by atoms with Crippen LogP contribution in [0.1, 0.15) is 11.1 Å². The van der Waals surface area contributed by atoms with Gasteiger partial charge in [-0.2, -0.15) is 5.10 Å². The molecule has 1 N–H and O–H groups in total. The van der Waals surface area contributed by atoms with E-state index in [0.717, 1.165) is 11.1 Å². The number of ether oxygens (including phenoxy) is 1. The Kier molecular flexibility index (Phi) is 5.59. The topological polar surface area (TPSA) is 63.2 Å². The molecule has 3 aromatic carbocycles. The van der Waals surface area contributed by atoms with Gasteiger partial charge in [0.05, 0.1) is 12.7 Å². The molecule has 1 aliphatic heterocycles. The van der Waals surface area contributed by atoms with Crippen molar-refractivity contribution in [2.24, 2.45) is 0 Å². The van der Waals surface area contributed by atoms with Crippen molar-refractivity contribution >= 4 is 28.9 Å². The molecule has 0 atom stereocenters. The molecule has 162 valence electrons. The van der Waals surface area contributed by atoms with Gasteiger partial charge in [-0.1, -0.05) is 66.2 Å². The number of nitrogens with one attached hydrogen (secondary N) is 1. The monoisotopic (exact) mass is 444 g/mol. The van der Waals surface area contributed by atoms with E-state index in [-0.39, 0.29) is 18.6 Å². The van der Waals surface area contributed by atoms with Crippen LogP contribution in [-0.4, -0.2) is 44.8 Å². The number of rotatable bonds is 6. The molecule has 1 aliphatic rings. The number of hydrogen-bond donors (Lipinski definition) is 1. The first-order chi connectivity index (χ1) is 15.6. The normalized spacial score (nSPS) is 14.0. The summed E-state index contributed by atoms with van der Waals surface area (Å²) in [6.45, 7) is 3.91. The Morgan fingerprint density at radius 1 is 1.12 bits per heavy atom. The maximum Gasteiger partial charge on any atom is 0.242 e. The molecule has 1 aromatic heterocycles. The summed E-state index contributed by atoms with van der Waals surface area (Å²) < 4.78 is 8.28. The molecule has 0 spiro atoms. The van der Waals surface area contributed by atoms with Gasteiger partial charge in [0.2, 0.25) is 5.91 Å². The number of aromatic amines is 1. The van der Waals surface area contributed by atoms with E-state index in [2.05, 4.69) is 40.5 Å². The smallest absolute Gasteiger partial charge is 0.242 e. The number of carbonyl (C=O) groups is 1. The highest BCUT2D eigenvalue weighted by Crippen LogP contribution is 2.22. The number of carbonyl (C=O) groups excluding carboxylic acids is 1. The standard InChI is InChI=1S/C25H24N4O2S/c1-17-6-4-9-19(12-17)24-26-27-25(32)29(24)15-23(30)28-13-21(14-28)31-16-20-10-5-8-18-7-2-3-11-22(18)20/h2-12,21H,13-16H2,1H3,(H,27,32). The number of aromatic nitrogens is 3. The van der Waals surface area contributed by atoms with Crippen molar-refractivity contribution in [3.63, 3.8) is 0 Å². The molecule has 0 saturated carbocycles. The zero-order chi connectivity index (χ0) is 22.1. The summed E-state index contributed by atoms with van der Waals surface area (Å²) in [6.07, 6.45) is 0.0477. The Labute approximate surface area is 191 Å². The second-order valence-electron chi connectivity index (χ2n) is 8.18. The van der Waals surface area contributed by atoms with E-state index in [0.29, 0.717) is 30.3 Å². The van der Waals surface area contributed by atoms with Crippen LogP contribution in [0.25, 0.3) is 22.2 Å². The third-order valence-corrected chi connectivity index (χ3v) is 6.19. The van der Waals surface area contributed by atoms with E-state index in [9.17, 15) is 4.79 Å². The fourth-order valence-corrected chi connectivity index (χ4v) is 4.27. The van der Waals surface area contributed by atoms with Gasteiger partial charge >= 0.3 is 0 Å². The largest absolute Gasteiger partial charge is 0.370 e. The second-order valence-corrected chi connectivity index (χ2v) is 8.56. The van der Waals surface area contributed by atoms with Crippen LogP contribution < -0.4 is 0 Å². The number of amides is 1. The van der Waals surface area contributed by atoms with Gasteiger partial charge in [0.25, 0.3) is 0 Å². The average Bonchev–Trinajstić information content (AvgIpc) is 3.13. The lowest BCUT2D eigenvalue weighted by Crippen LogP contribution is -2.55. The lowest BCUT2D eigenvalue weighted by Gasteiger charge is -2.39. The number of benzene rings is 3. The van der Waals surface area contributed by atoms with Gasteiger partial charge in [-0.25, -0.2) is 0 Å². The molecule has 0 unspecified atom stereocenters. The predicted octanol–water partition coefficient (Wildman–Crippen LogP) is 4.50. The Balaban J connectivity index is 1.20. The fraction of sp³-hybridized carbons (Fsp3) is 0.240. The van der Waals surface area contributed by atoms with Crippen LogP contribution in [0.3, 0.4) is 0 Å². The summed E-state index contributed by atoms with van der Waals surface area (Å²) in [5.74, 6) is 0.692. The van der Waals surface area contributed by atoms with Crippen molar-refractivity contribution in [3.8, 4) is 11.4 Å². The van der Waals surface area contributed by atoms with Gasteiger partial charge in [0, 0.05) is 18.7 Å². The third-order valence-electron chi connectivity index (χ3n) is 5.88. The summed E-state index contributed by atoms with van der Waals surface area (Å²) in [5.41, 5.74) is 3.23. The van der Waals surface area contributed by atoms with E-state index >= 15 is 0 Å². The summed E-state index contributed by atoms with van der Waals surface area (Å²) in [4.78, 5) is 14.7. The van der Waals surface area contributed by atoms with Gasteiger partial charge in [-0.05, 0) is 41.5 Å². The molecule has 7 heteroatoms. The molecule has 0 aliphatic carbocycles.